The molecule has 0 radical (unpaired) electrons. The number of amides is 2. The minimum absolute atomic E-state index is 0.0525. The van der Waals surface area contributed by atoms with E-state index in [-0.39, 0.29) is 29.4 Å². The Morgan fingerprint density at radius 1 is 1.17 bits per heavy atom. The fourth-order valence-corrected chi connectivity index (χ4v) is 8.44. The Hall–Kier alpha value is -3.16. The highest BCUT2D eigenvalue weighted by atomic mass is 35.5. The van der Waals surface area contributed by atoms with Crippen molar-refractivity contribution in [1.82, 2.24) is 13.9 Å². The second-order valence-corrected chi connectivity index (χ2v) is 16.4. The van der Waals surface area contributed by atoms with Crippen molar-refractivity contribution >= 4 is 39.3 Å². The summed E-state index contributed by atoms with van der Waals surface area (Å²) in [5, 5.41) is 24.0. The number of anilines is 1. The summed E-state index contributed by atoms with van der Waals surface area (Å²) in [5.41, 5.74) is 0.196. The van der Waals surface area contributed by atoms with Crippen molar-refractivity contribution in [2.45, 2.75) is 62.1 Å². The number of hydrogen-bond donors (Lipinski definition) is 3. The van der Waals surface area contributed by atoms with E-state index >= 15 is 0 Å². The zero-order valence-electron chi connectivity index (χ0n) is 27.7. The molecule has 1 fully saturated rings. The van der Waals surface area contributed by atoms with Crippen LogP contribution in [-0.4, -0.2) is 93.1 Å². The second-order valence-electron chi connectivity index (χ2n) is 14.1. The highest BCUT2D eigenvalue weighted by Gasteiger charge is 2.47. The topological polar surface area (TPSA) is 140 Å². The average Bonchev–Trinajstić information content (AvgIpc) is 3.17. The van der Waals surface area contributed by atoms with E-state index in [2.05, 4.69) is 11.0 Å². The highest BCUT2D eigenvalue weighted by Crippen LogP contribution is 2.47. The fourth-order valence-electron chi connectivity index (χ4n) is 7.66. The van der Waals surface area contributed by atoms with Gasteiger partial charge < -0.3 is 24.7 Å². The molecule has 1 saturated carbocycles. The molecule has 260 valence electrons. The number of fused-ring (bicyclic) bond motifs is 4. The van der Waals surface area contributed by atoms with Gasteiger partial charge in [0, 0.05) is 51.2 Å². The lowest BCUT2D eigenvalue weighted by Crippen LogP contribution is -2.52. The number of aliphatic hydroxyl groups excluding tert-OH is 1. The molecule has 3 N–H and O–H groups in total. The minimum atomic E-state index is -4.29. The first-order chi connectivity index (χ1) is 22.7. The second kappa shape index (κ2) is 13.3. The van der Waals surface area contributed by atoms with Crippen molar-refractivity contribution in [3.63, 3.8) is 0 Å². The number of hydrogen-bond acceptors (Lipinski definition) is 8. The van der Waals surface area contributed by atoms with Crippen molar-refractivity contribution in [1.29, 1.82) is 0 Å². The van der Waals surface area contributed by atoms with Crippen LogP contribution in [0.2, 0.25) is 5.02 Å². The lowest BCUT2D eigenvalue weighted by Gasteiger charge is -2.45. The molecule has 2 aromatic rings. The van der Waals surface area contributed by atoms with E-state index in [1.807, 2.05) is 22.9 Å². The maximum atomic E-state index is 13.8. The van der Waals surface area contributed by atoms with Crippen LogP contribution in [0.4, 0.5) is 5.69 Å². The third-order valence-electron chi connectivity index (χ3n) is 10.8. The quantitative estimate of drug-likeness (QED) is 0.416. The molecule has 5 atom stereocenters. The Morgan fingerprint density at radius 2 is 1.96 bits per heavy atom. The molecule has 2 aliphatic carbocycles. The Morgan fingerprint density at radius 3 is 2.69 bits per heavy atom. The number of carbonyl (C=O) groups excluding carboxylic acids is 2. The normalized spacial score (nSPS) is 30.1. The summed E-state index contributed by atoms with van der Waals surface area (Å²) in [5.74, 6) is -0.988. The van der Waals surface area contributed by atoms with Crippen LogP contribution in [0, 0.1) is 11.8 Å². The lowest BCUT2D eigenvalue weighted by atomic mass is 9.68. The number of halogens is 1. The van der Waals surface area contributed by atoms with Crippen molar-refractivity contribution in [2.24, 2.45) is 11.8 Å². The molecule has 48 heavy (non-hydrogen) atoms. The van der Waals surface area contributed by atoms with Gasteiger partial charge in [-0.3, -0.25) is 9.59 Å². The van der Waals surface area contributed by atoms with Crippen LogP contribution in [-0.2, 0) is 37.2 Å². The number of rotatable bonds is 3. The Labute approximate surface area is 287 Å². The van der Waals surface area contributed by atoms with Gasteiger partial charge >= 0.3 is 10.2 Å². The van der Waals surface area contributed by atoms with Crippen molar-refractivity contribution in [2.75, 3.05) is 52.3 Å². The summed E-state index contributed by atoms with van der Waals surface area (Å²) >= 11 is 6.41. The smallest absolute Gasteiger partial charge is 0.303 e. The maximum absolute atomic E-state index is 13.8. The number of aryl methyl sites for hydroxylation is 1. The van der Waals surface area contributed by atoms with E-state index in [4.69, 9.17) is 16.3 Å². The first-order valence-corrected chi connectivity index (χ1v) is 18.4. The van der Waals surface area contributed by atoms with Crippen LogP contribution < -0.4 is 14.4 Å². The number of nitrogens with one attached hydrogen (secondary N) is 1. The van der Waals surface area contributed by atoms with Gasteiger partial charge in [0.2, 0.25) is 5.91 Å². The van der Waals surface area contributed by atoms with Gasteiger partial charge in [-0.15, -0.1) is 0 Å². The van der Waals surface area contributed by atoms with Gasteiger partial charge in [0.1, 0.15) is 5.75 Å². The number of benzene rings is 2. The van der Waals surface area contributed by atoms with Gasteiger partial charge in [-0.1, -0.05) is 35.9 Å². The summed E-state index contributed by atoms with van der Waals surface area (Å²) in [6.07, 6.45) is 7.40. The van der Waals surface area contributed by atoms with Crippen molar-refractivity contribution < 1.29 is 33.0 Å². The van der Waals surface area contributed by atoms with E-state index in [0.717, 1.165) is 36.4 Å². The summed E-state index contributed by atoms with van der Waals surface area (Å²) in [6.45, 7) is 1.86. The van der Waals surface area contributed by atoms with Gasteiger partial charge in [0.15, 0.2) is 5.60 Å². The molecule has 2 aromatic carbocycles. The van der Waals surface area contributed by atoms with Crippen LogP contribution in [0.3, 0.4) is 0 Å². The zero-order chi connectivity index (χ0) is 34.4. The van der Waals surface area contributed by atoms with E-state index in [9.17, 15) is 28.2 Å². The zero-order valence-corrected chi connectivity index (χ0v) is 29.3. The van der Waals surface area contributed by atoms with Crippen LogP contribution >= 0.6 is 11.6 Å². The molecule has 4 aliphatic rings. The van der Waals surface area contributed by atoms with E-state index < -0.39 is 40.1 Å². The summed E-state index contributed by atoms with van der Waals surface area (Å²) in [7, 11) is -0.195. The lowest BCUT2D eigenvalue weighted by molar-refractivity contribution is -0.148. The molecule has 0 unspecified atom stereocenters. The van der Waals surface area contributed by atoms with Gasteiger partial charge in [0.25, 0.3) is 5.91 Å². The van der Waals surface area contributed by atoms with Crippen molar-refractivity contribution in [3.8, 4) is 5.75 Å². The fraction of sp³-hybridized carbons (Fsp3) is 0.543. The SMILES string of the molecule is CN1CC/C=C\[C@H](O)[C@@H]2CC[C@H]2CN2C[C@@]3(CCCc4cc(Cl)ccc43)COc3ccc(cc32)[C@@](O)(C(=O)NS(=O)(=O)N(C)C)CC1=O. The van der Waals surface area contributed by atoms with Gasteiger partial charge in [-0.25, -0.2) is 4.72 Å². The van der Waals surface area contributed by atoms with Crippen molar-refractivity contribution in [3.05, 3.63) is 70.3 Å². The molecule has 2 amide bonds. The molecule has 13 heteroatoms. The third kappa shape index (κ3) is 6.57. The standard InChI is InChI=1S/C35H45ClN4O7S/c1-38(2)48(45,46)37-33(43)35(44)19-32(42)39(3)16-5-4-8-30(41)27-12-9-24(27)20-40-21-34(22-47-31-14-10-25(35)18-29(31)40)15-6-7-23-17-26(36)11-13-28(23)34/h4,8,10-11,13-14,17-18,24,27,30,41,44H,5-7,9,12,15-16,19-22H2,1-3H3,(H,37,43)/b8-4-/t24-,27+,30-,34-,35+/m0/s1. The van der Waals surface area contributed by atoms with Gasteiger partial charge in [-0.2, -0.15) is 12.7 Å². The largest absolute Gasteiger partial charge is 0.490 e. The Balaban J connectivity index is 1.48. The van der Waals surface area contributed by atoms with Crippen LogP contribution in [0.5, 0.6) is 5.75 Å². The molecule has 2 heterocycles. The first-order valence-electron chi connectivity index (χ1n) is 16.6. The number of nitrogens with zero attached hydrogens (tertiary/aromatic N) is 3. The van der Waals surface area contributed by atoms with E-state index in [0.29, 0.717) is 42.6 Å². The van der Waals surface area contributed by atoms with Gasteiger partial charge in [-0.05, 0) is 91.3 Å². The predicted octanol–water partition coefficient (Wildman–Crippen LogP) is 3.12. The monoisotopic (exact) mass is 700 g/mol. The molecule has 11 nitrogen and oxygen atoms in total. The van der Waals surface area contributed by atoms with Gasteiger partial charge in [0.05, 0.1) is 24.8 Å². The maximum Gasteiger partial charge on any atom is 0.303 e. The molecule has 2 bridgehead atoms. The molecule has 1 spiro atoms. The number of ether oxygens (including phenoxy) is 1. The van der Waals surface area contributed by atoms with E-state index in [1.165, 1.54) is 36.2 Å². The first kappa shape index (κ1) is 34.7. The van der Waals surface area contributed by atoms with Crippen LogP contribution in [0.25, 0.3) is 0 Å². The highest BCUT2D eigenvalue weighted by molar-refractivity contribution is 7.87. The summed E-state index contributed by atoms with van der Waals surface area (Å²) in [4.78, 5) is 30.9. The van der Waals surface area contributed by atoms with Crippen LogP contribution in [0.1, 0.15) is 55.2 Å². The number of aliphatic hydroxyl groups is 2. The molecule has 0 saturated heterocycles. The van der Waals surface area contributed by atoms with Crippen LogP contribution in [0.15, 0.2) is 48.6 Å². The molecule has 6 rings (SSSR count). The average molecular weight is 701 g/mol. The Kier molecular flexibility index (Phi) is 9.60. The predicted molar refractivity (Wildman–Crippen MR) is 183 cm³/mol. The third-order valence-corrected chi connectivity index (χ3v) is 12.4. The number of carbonyl (C=O) groups is 2. The Bertz CT molecular complexity index is 1720. The molecule has 2 aliphatic heterocycles. The molecular weight excluding hydrogens is 656 g/mol. The van der Waals surface area contributed by atoms with E-state index in [1.54, 1.807) is 25.3 Å². The summed E-state index contributed by atoms with van der Waals surface area (Å²) in [6, 6.07) is 10.9. The minimum Gasteiger partial charge on any atom is -0.490 e. The molecule has 0 aromatic heterocycles. The molecular formula is C35H45ClN4O7S. The summed E-state index contributed by atoms with van der Waals surface area (Å²) < 4.78 is 34.9.